The number of likely N-dealkylation sites (tertiary alicyclic amines) is 1. The van der Waals surface area contributed by atoms with E-state index in [-0.39, 0.29) is 36.2 Å². The average Bonchev–Trinajstić information content (AvgIpc) is 3.47. The zero-order chi connectivity index (χ0) is 35.0. The highest BCUT2D eigenvalue weighted by Crippen LogP contribution is 2.66. The number of carbonyl (C=O) groups excluding carboxylic acids is 4. The van der Waals surface area contributed by atoms with Gasteiger partial charge in [0.1, 0.15) is 17.2 Å². The Morgan fingerprint density at radius 1 is 0.878 bits per heavy atom. The summed E-state index contributed by atoms with van der Waals surface area (Å²) in [5.41, 5.74) is 4.04. The molecule has 0 aromatic heterocycles. The highest BCUT2D eigenvalue weighted by molar-refractivity contribution is 6.13. The number of phenolic OH excluding ortho intramolecular Hbond substituents is 1. The van der Waals surface area contributed by atoms with Crippen LogP contribution in [0, 0.1) is 30.6 Å². The number of imide groups is 2. The first-order valence-electron chi connectivity index (χ1n) is 16.6. The number of aryl methyl sites for hydroxylation is 1. The fourth-order valence-electron chi connectivity index (χ4n) is 8.89. The number of anilines is 1. The van der Waals surface area contributed by atoms with E-state index in [0.717, 1.165) is 16.1 Å². The Balaban J connectivity index is 1.50. The smallest absolute Gasteiger partial charge is 0.260 e. The van der Waals surface area contributed by atoms with E-state index in [2.05, 4.69) is 5.43 Å². The van der Waals surface area contributed by atoms with E-state index in [9.17, 15) is 19.5 Å². The first kappa shape index (κ1) is 32.4. The summed E-state index contributed by atoms with van der Waals surface area (Å²) in [5.74, 6) is -4.75. The molecule has 1 saturated carbocycles. The number of rotatable bonds is 6. The van der Waals surface area contributed by atoms with E-state index in [4.69, 9.17) is 9.47 Å². The number of phenols is 1. The van der Waals surface area contributed by atoms with E-state index in [0.29, 0.717) is 22.6 Å². The number of fused-ring (bicyclic) bond motifs is 4. The molecule has 2 aliphatic heterocycles. The molecular weight excluding hydrogens is 622 g/mol. The van der Waals surface area contributed by atoms with Gasteiger partial charge in [-0.2, -0.15) is 5.01 Å². The van der Waals surface area contributed by atoms with Crippen molar-refractivity contribution in [1.29, 1.82) is 0 Å². The third-order valence-electron chi connectivity index (χ3n) is 10.9. The van der Waals surface area contributed by atoms with Crippen molar-refractivity contribution < 1.29 is 33.8 Å². The number of nitrogens with zero attached hydrogens (tertiary/aromatic N) is 2. The second-order valence-corrected chi connectivity index (χ2v) is 14.5. The summed E-state index contributed by atoms with van der Waals surface area (Å²) < 4.78 is 11.3. The zero-order valence-corrected chi connectivity index (χ0v) is 28.5. The summed E-state index contributed by atoms with van der Waals surface area (Å²) >= 11 is 0. The van der Waals surface area contributed by atoms with Gasteiger partial charge in [0, 0.05) is 29.2 Å². The Kier molecular flexibility index (Phi) is 7.61. The number of amides is 4. The summed E-state index contributed by atoms with van der Waals surface area (Å²) in [5, 5.41) is 12.9. The standard InChI is InChI=1S/C39H41N3O7/c1-21-12-14-23(15-13-21)40-42-35(45)28-20-27-25(16-17-26-31(27)36(46)41(34(26)44)38(2,3)4)33(32-29(43)18-24(48-5)19-30(32)49-6)39(28,37(42)47)22-10-8-7-9-11-22/h7-16,18-19,26-28,31,33,40,43H,17,20H2,1-6H3/t26-,27+,28-,31-,33+,39+/m0/s1. The average molecular weight is 664 g/mol. The number of allylic oxidation sites excluding steroid dienone is 2. The Morgan fingerprint density at radius 3 is 2.20 bits per heavy atom. The van der Waals surface area contributed by atoms with Crippen LogP contribution in [-0.4, -0.2) is 58.4 Å². The maximum Gasteiger partial charge on any atom is 0.260 e. The van der Waals surface area contributed by atoms with Gasteiger partial charge in [0.15, 0.2) is 0 Å². The molecule has 7 rings (SSSR count). The predicted molar refractivity (Wildman–Crippen MR) is 182 cm³/mol. The Hall–Kier alpha value is -5.12. The van der Waals surface area contributed by atoms with Gasteiger partial charge < -0.3 is 14.6 Å². The monoisotopic (exact) mass is 663 g/mol. The summed E-state index contributed by atoms with van der Waals surface area (Å²) in [6, 6.07) is 19.7. The quantitative estimate of drug-likeness (QED) is 0.262. The molecule has 0 bridgehead atoms. The van der Waals surface area contributed by atoms with Gasteiger partial charge in [-0.15, -0.1) is 0 Å². The highest BCUT2D eigenvalue weighted by atomic mass is 16.5. The number of hydrogen-bond acceptors (Lipinski definition) is 8. The van der Waals surface area contributed by atoms with E-state index >= 15 is 4.79 Å². The zero-order valence-electron chi connectivity index (χ0n) is 28.5. The second kappa shape index (κ2) is 11.5. The molecule has 2 heterocycles. The lowest BCUT2D eigenvalue weighted by molar-refractivity contribution is -0.146. The Morgan fingerprint density at radius 2 is 1.57 bits per heavy atom. The van der Waals surface area contributed by atoms with Crippen molar-refractivity contribution in [2.24, 2.45) is 23.7 Å². The fraction of sp³-hybridized carbons (Fsp3) is 0.385. The number of benzene rings is 3. The fourth-order valence-corrected chi connectivity index (χ4v) is 8.89. The minimum absolute atomic E-state index is 0.158. The third kappa shape index (κ3) is 4.67. The molecule has 2 saturated heterocycles. The van der Waals surface area contributed by atoms with Crippen LogP contribution in [0.2, 0.25) is 0 Å². The van der Waals surface area contributed by atoms with Crippen LogP contribution >= 0.6 is 0 Å². The van der Waals surface area contributed by atoms with Crippen molar-refractivity contribution in [3.63, 3.8) is 0 Å². The van der Waals surface area contributed by atoms with Crippen LogP contribution in [0.1, 0.15) is 56.2 Å². The summed E-state index contributed by atoms with van der Waals surface area (Å²) in [6.07, 6.45) is 2.41. The van der Waals surface area contributed by atoms with Gasteiger partial charge in [0.2, 0.25) is 11.8 Å². The molecule has 0 spiro atoms. The first-order chi connectivity index (χ1) is 23.3. The number of nitrogens with one attached hydrogen (secondary N) is 1. The lowest BCUT2D eigenvalue weighted by Crippen LogP contribution is -2.53. The van der Waals surface area contributed by atoms with E-state index in [1.165, 1.54) is 25.2 Å². The van der Waals surface area contributed by atoms with Crippen LogP contribution in [-0.2, 0) is 24.6 Å². The number of hydrogen-bond donors (Lipinski definition) is 2. The predicted octanol–water partition coefficient (Wildman–Crippen LogP) is 5.50. The second-order valence-electron chi connectivity index (χ2n) is 14.5. The summed E-state index contributed by atoms with van der Waals surface area (Å²) in [6.45, 7) is 7.47. The van der Waals surface area contributed by atoms with Crippen molar-refractivity contribution in [2.75, 3.05) is 19.6 Å². The number of ether oxygens (including phenoxy) is 2. The van der Waals surface area contributed by atoms with E-state index in [1.54, 1.807) is 18.2 Å². The third-order valence-corrected chi connectivity index (χ3v) is 10.9. The largest absolute Gasteiger partial charge is 0.507 e. The van der Waals surface area contributed by atoms with Gasteiger partial charge in [-0.25, -0.2) is 0 Å². The molecule has 2 aliphatic carbocycles. The maximum atomic E-state index is 15.3. The molecule has 254 valence electrons. The highest BCUT2D eigenvalue weighted by Gasteiger charge is 2.71. The molecule has 10 nitrogen and oxygen atoms in total. The molecular formula is C39H41N3O7. The molecule has 3 aromatic carbocycles. The van der Waals surface area contributed by atoms with Gasteiger partial charge in [0.25, 0.3) is 11.8 Å². The molecule has 2 N–H and O–H groups in total. The van der Waals surface area contributed by atoms with Crippen LogP contribution in [0.25, 0.3) is 0 Å². The number of aromatic hydroxyl groups is 1. The topological polar surface area (TPSA) is 125 Å². The Bertz CT molecular complexity index is 1900. The number of hydrazine groups is 1. The van der Waals surface area contributed by atoms with Crippen molar-refractivity contribution in [2.45, 2.75) is 57.4 Å². The van der Waals surface area contributed by atoms with Gasteiger partial charge in [-0.1, -0.05) is 59.7 Å². The maximum absolute atomic E-state index is 15.3. The Labute approximate surface area is 285 Å². The molecule has 4 aliphatic rings. The number of methoxy groups -OCH3 is 2. The lowest BCUT2D eigenvalue weighted by Gasteiger charge is -2.50. The molecule has 6 atom stereocenters. The summed E-state index contributed by atoms with van der Waals surface area (Å²) in [4.78, 5) is 59.6. The van der Waals surface area contributed by atoms with Crippen molar-refractivity contribution in [3.05, 3.63) is 95.1 Å². The SMILES string of the molecule is COc1cc(O)c([C@H]2C3=CC[C@@H]4C(=O)N(C(C)(C)C)C(=O)[C@@H]4[C@@H]3C[C@H]3C(=O)N(Nc4ccc(C)cc4)C(=O)[C@@]23c2ccccc2)c(OC)c1. The van der Waals surface area contributed by atoms with Crippen LogP contribution in [0.15, 0.2) is 78.4 Å². The molecule has 0 unspecified atom stereocenters. The lowest BCUT2D eigenvalue weighted by atomic mass is 9.49. The van der Waals surface area contributed by atoms with Crippen LogP contribution in [0.3, 0.4) is 0 Å². The molecule has 49 heavy (non-hydrogen) atoms. The van der Waals surface area contributed by atoms with E-state index < -0.39 is 52.4 Å². The van der Waals surface area contributed by atoms with Crippen molar-refractivity contribution in [1.82, 2.24) is 9.91 Å². The first-order valence-corrected chi connectivity index (χ1v) is 16.6. The normalized spacial score (nSPS) is 27.8. The molecule has 3 aromatic rings. The molecule has 4 amide bonds. The van der Waals surface area contributed by atoms with Gasteiger partial charge in [-0.05, 0) is 64.2 Å². The van der Waals surface area contributed by atoms with Crippen molar-refractivity contribution >= 4 is 29.3 Å². The van der Waals surface area contributed by atoms with Gasteiger partial charge >= 0.3 is 0 Å². The minimum atomic E-state index is -1.54. The van der Waals surface area contributed by atoms with Gasteiger partial charge in [0.05, 0.1) is 43.1 Å². The van der Waals surface area contributed by atoms with Crippen LogP contribution in [0.5, 0.6) is 17.2 Å². The van der Waals surface area contributed by atoms with Crippen molar-refractivity contribution in [3.8, 4) is 17.2 Å². The number of carbonyl (C=O) groups is 4. The molecule has 10 heteroatoms. The van der Waals surface area contributed by atoms with Crippen LogP contribution in [0.4, 0.5) is 5.69 Å². The molecule has 0 radical (unpaired) electrons. The van der Waals surface area contributed by atoms with Crippen LogP contribution < -0.4 is 14.9 Å². The summed E-state index contributed by atoms with van der Waals surface area (Å²) in [7, 11) is 2.95. The minimum Gasteiger partial charge on any atom is -0.507 e. The van der Waals surface area contributed by atoms with Gasteiger partial charge in [-0.3, -0.25) is 29.5 Å². The molecule has 3 fully saturated rings. The van der Waals surface area contributed by atoms with E-state index in [1.807, 2.05) is 76.2 Å².